The zero-order valence-corrected chi connectivity index (χ0v) is 3.86. The predicted octanol–water partition coefficient (Wildman–Crippen LogP) is 1.68. The van der Waals surface area contributed by atoms with Gasteiger partial charge in [0.1, 0.15) is 6.42 Å². The molecule has 0 heteroatoms. The standard InChI is InChI=1S/C5H10/c1-4-5(2)3/h4-5H,1H2,2-3H3/q+1. The van der Waals surface area contributed by atoms with E-state index in [-0.39, 0.29) is 0 Å². The summed E-state index contributed by atoms with van der Waals surface area (Å²) < 4.78 is 0. The van der Waals surface area contributed by atoms with Crippen LogP contribution in [0.4, 0.5) is 0 Å². The molecule has 0 aromatic rings. The highest BCUT2D eigenvalue weighted by molar-refractivity contribution is 4.69. The van der Waals surface area contributed by atoms with Crippen molar-refractivity contribution >= 4 is 0 Å². The van der Waals surface area contributed by atoms with Crippen LogP contribution in [-0.2, 0) is 0 Å². The Hall–Kier alpha value is -0.130. The van der Waals surface area contributed by atoms with Crippen molar-refractivity contribution in [3.63, 3.8) is 0 Å². The van der Waals surface area contributed by atoms with E-state index in [4.69, 9.17) is 0 Å². The third-order valence-corrected chi connectivity index (χ3v) is 0.471. The van der Waals surface area contributed by atoms with Gasteiger partial charge in [0.25, 0.3) is 0 Å². The summed E-state index contributed by atoms with van der Waals surface area (Å²) in [5.74, 6) is 0.648. The molecule has 0 fully saturated rings. The first-order valence-corrected chi connectivity index (χ1v) is 1.90. The Kier molecular flexibility index (Phi) is 2.07. The van der Waals surface area contributed by atoms with Crippen molar-refractivity contribution in [2.45, 2.75) is 13.8 Å². The van der Waals surface area contributed by atoms with E-state index in [1.165, 1.54) is 0 Å². The van der Waals surface area contributed by atoms with Crippen molar-refractivity contribution < 1.29 is 0 Å². The Morgan fingerprint density at radius 3 is 1.80 bits per heavy atom. The molecule has 1 radical (unpaired) electrons. The molecular formula is C5H10+. The Morgan fingerprint density at radius 1 is 1.60 bits per heavy atom. The maximum Gasteiger partial charge on any atom is 0.140 e. The summed E-state index contributed by atoms with van der Waals surface area (Å²) in [5, 5.41) is 0. The summed E-state index contributed by atoms with van der Waals surface area (Å²) in [6.07, 6.45) is 1.92. The fourth-order valence-corrected chi connectivity index (χ4v) is 0. The van der Waals surface area contributed by atoms with Gasteiger partial charge >= 0.3 is 0 Å². The van der Waals surface area contributed by atoms with Gasteiger partial charge in [-0.3, -0.25) is 0 Å². The largest absolute Gasteiger partial charge is 0.140 e. The monoisotopic (exact) mass is 70.1 g/mol. The van der Waals surface area contributed by atoms with Crippen LogP contribution in [0.2, 0.25) is 0 Å². The van der Waals surface area contributed by atoms with Gasteiger partial charge in [0, 0.05) is 5.92 Å². The SMILES string of the molecule is [CH2+][CH]C(C)C. The minimum absolute atomic E-state index is 0.648. The molecule has 0 amide bonds. The molecule has 0 rings (SSSR count). The van der Waals surface area contributed by atoms with Crippen LogP contribution in [0.15, 0.2) is 0 Å². The van der Waals surface area contributed by atoms with E-state index in [0.29, 0.717) is 5.92 Å². The predicted molar refractivity (Wildman–Crippen MR) is 24.5 cm³/mol. The molecule has 0 unspecified atom stereocenters. The molecule has 5 heavy (non-hydrogen) atoms. The van der Waals surface area contributed by atoms with Crippen LogP contribution in [0.25, 0.3) is 0 Å². The van der Waals surface area contributed by atoms with Crippen molar-refractivity contribution in [2.24, 2.45) is 5.92 Å². The quantitative estimate of drug-likeness (QED) is 0.412. The molecule has 0 heterocycles. The molecule has 0 aliphatic rings. The van der Waals surface area contributed by atoms with Crippen LogP contribution in [0, 0.1) is 19.3 Å². The number of hydrogen-bond acceptors (Lipinski definition) is 0. The highest BCUT2D eigenvalue weighted by Gasteiger charge is 1.88. The molecule has 0 spiro atoms. The molecule has 0 aliphatic carbocycles. The molecule has 0 bridgehead atoms. The van der Waals surface area contributed by atoms with Crippen LogP contribution < -0.4 is 0 Å². The van der Waals surface area contributed by atoms with Crippen LogP contribution in [0.3, 0.4) is 0 Å². The fourth-order valence-electron chi connectivity index (χ4n) is 0. The lowest BCUT2D eigenvalue weighted by Crippen LogP contribution is -1.79. The Bertz CT molecular complexity index is 14.0. The van der Waals surface area contributed by atoms with Gasteiger partial charge in [0.2, 0.25) is 0 Å². The average molecular weight is 70.1 g/mol. The normalized spacial score (nSPS) is 9.40. The summed E-state index contributed by atoms with van der Waals surface area (Å²) in [5.41, 5.74) is 0. The molecule has 0 saturated heterocycles. The Morgan fingerprint density at radius 2 is 1.80 bits per heavy atom. The molecule has 0 N–H and O–H groups in total. The van der Waals surface area contributed by atoms with Crippen LogP contribution in [-0.4, -0.2) is 0 Å². The second-order valence-electron chi connectivity index (χ2n) is 1.48. The van der Waals surface area contributed by atoms with Crippen molar-refractivity contribution in [3.8, 4) is 0 Å². The van der Waals surface area contributed by atoms with Crippen LogP contribution in [0.5, 0.6) is 0 Å². The zero-order chi connectivity index (χ0) is 4.28. The molecular weight excluding hydrogens is 60.1 g/mol. The van der Waals surface area contributed by atoms with E-state index in [0.717, 1.165) is 0 Å². The topological polar surface area (TPSA) is 0 Å². The third-order valence-electron chi connectivity index (χ3n) is 0.471. The number of rotatable bonds is 1. The molecule has 0 aliphatic heterocycles. The van der Waals surface area contributed by atoms with E-state index in [1.54, 1.807) is 0 Å². The van der Waals surface area contributed by atoms with Crippen molar-refractivity contribution in [1.29, 1.82) is 0 Å². The van der Waals surface area contributed by atoms with Gasteiger partial charge in [0.05, 0.1) is 6.92 Å². The molecule has 0 nitrogen and oxygen atoms in total. The molecule has 0 saturated carbocycles. The summed E-state index contributed by atoms with van der Waals surface area (Å²) >= 11 is 0. The summed E-state index contributed by atoms with van der Waals surface area (Å²) in [7, 11) is 0. The van der Waals surface area contributed by atoms with Crippen molar-refractivity contribution in [2.75, 3.05) is 0 Å². The molecule has 0 atom stereocenters. The van der Waals surface area contributed by atoms with E-state index in [9.17, 15) is 0 Å². The van der Waals surface area contributed by atoms with E-state index >= 15 is 0 Å². The summed E-state index contributed by atoms with van der Waals surface area (Å²) in [6, 6.07) is 0. The first-order valence-electron chi connectivity index (χ1n) is 1.90. The fraction of sp³-hybridized carbons (Fsp3) is 0.600. The second kappa shape index (κ2) is 2.13. The molecule has 29 valence electrons. The smallest absolute Gasteiger partial charge is 0.0582 e. The van der Waals surface area contributed by atoms with Gasteiger partial charge in [-0.1, -0.05) is 13.8 Å². The minimum Gasteiger partial charge on any atom is -0.0582 e. The first kappa shape index (κ1) is 4.87. The van der Waals surface area contributed by atoms with Gasteiger partial charge in [-0.25, -0.2) is 0 Å². The van der Waals surface area contributed by atoms with Gasteiger partial charge in [-0.15, -0.1) is 0 Å². The number of hydrogen-bond donors (Lipinski definition) is 0. The third kappa shape index (κ3) is 3.87. The van der Waals surface area contributed by atoms with Crippen LogP contribution >= 0.6 is 0 Å². The van der Waals surface area contributed by atoms with Gasteiger partial charge in [0.15, 0.2) is 0 Å². The minimum atomic E-state index is 0.648. The Labute approximate surface area is 34.2 Å². The molecule has 0 aromatic carbocycles. The first-order chi connectivity index (χ1) is 2.27. The van der Waals surface area contributed by atoms with Gasteiger partial charge in [-0.05, 0) is 0 Å². The van der Waals surface area contributed by atoms with Crippen LogP contribution in [0.1, 0.15) is 13.8 Å². The lowest BCUT2D eigenvalue weighted by molar-refractivity contribution is 0.784. The summed E-state index contributed by atoms with van der Waals surface area (Å²) in [4.78, 5) is 0. The molecule has 0 aromatic heterocycles. The average Bonchev–Trinajstić information content (AvgIpc) is 1.38. The highest BCUT2D eigenvalue weighted by atomic mass is 13.9. The lowest BCUT2D eigenvalue weighted by Gasteiger charge is -1.82. The van der Waals surface area contributed by atoms with Gasteiger partial charge < -0.3 is 0 Å². The second-order valence-corrected chi connectivity index (χ2v) is 1.48. The van der Waals surface area contributed by atoms with Crippen molar-refractivity contribution in [1.82, 2.24) is 0 Å². The maximum atomic E-state index is 3.56. The lowest BCUT2D eigenvalue weighted by atomic mass is 10.2. The maximum absolute atomic E-state index is 3.56. The van der Waals surface area contributed by atoms with Crippen molar-refractivity contribution in [3.05, 3.63) is 13.3 Å². The Balaban J connectivity index is 2.54. The van der Waals surface area contributed by atoms with E-state index in [1.807, 2.05) is 6.42 Å². The summed E-state index contributed by atoms with van der Waals surface area (Å²) in [6.45, 7) is 7.77. The zero-order valence-electron chi connectivity index (χ0n) is 3.86. The van der Waals surface area contributed by atoms with Gasteiger partial charge in [-0.2, -0.15) is 0 Å². The highest BCUT2D eigenvalue weighted by Crippen LogP contribution is 1.91. The van der Waals surface area contributed by atoms with E-state index in [2.05, 4.69) is 20.8 Å². The van der Waals surface area contributed by atoms with E-state index < -0.39 is 0 Å².